The summed E-state index contributed by atoms with van der Waals surface area (Å²) >= 11 is 0. The van der Waals surface area contributed by atoms with Gasteiger partial charge in [-0.2, -0.15) is 5.10 Å². The first-order valence-corrected chi connectivity index (χ1v) is 6.87. The van der Waals surface area contributed by atoms with Crippen molar-refractivity contribution < 1.29 is 9.21 Å². The number of nitrogens with zero attached hydrogens (tertiary/aromatic N) is 1. The van der Waals surface area contributed by atoms with Crippen LogP contribution < -0.4 is 5.43 Å². The van der Waals surface area contributed by atoms with E-state index in [1.807, 2.05) is 38.1 Å². The largest absolute Gasteiger partial charge is 0.451 e. The molecule has 1 atom stereocenters. The van der Waals surface area contributed by atoms with Crippen LogP contribution in [0.25, 0.3) is 11.0 Å². The zero-order chi connectivity index (χ0) is 14.7. The molecule has 1 aromatic heterocycles. The number of hydrogen-bond donors (Lipinski definition) is 1. The maximum absolute atomic E-state index is 12.1. The molecule has 0 saturated carbocycles. The van der Waals surface area contributed by atoms with Crippen molar-refractivity contribution >= 4 is 22.6 Å². The number of hydrogen-bond acceptors (Lipinski definition) is 3. The maximum atomic E-state index is 12.1. The van der Waals surface area contributed by atoms with Gasteiger partial charge >= 0.3 is 5.91 Å². The molecular formula is C16H20N2O2. The molecule has 4 heteroatoms. The summed E-state index contributed by atoms with van der Waals surface area (Å²) in [5.41, 5.74) is 5.04. The van der Waals surface area contributed by atoms with Gasteiger partial charge in [0.25, 0.3) is 0 Å². The second-order valence-corrected chi connectivity index (χ2v) is 5.06. The third kappa shape index (κ3) is 2.74. The smallest absolute Gasteiger partial charge is 0.307 e. The van der Waals surface area contributed by atoms with E-state index in [-0.39, 0.29) is 5.91 Å². The number of para-hydroxylation sites is 1. The Morgan fingerprint density at radius 1 is 1.40 bits per heavy atom. The van der Waals surface area contributed by atoms with Crippen LogP contribution in [-0.2, 0) is 0 Å². The molecule has 106 valence electrons. The summed E-state index contributed by atoms with van der Waals surface area (Å²) in [6, 6.07) is 7.61. The summed E-state index contributed by atoms with van der Waals surface area (Å²) in [6.07, 6.45) is 0.995. The van der Waals surface area contributed by atoms with Gasteiger partial charge in [0.05, 0.1) is 0 Å². The van der Waals surface area contributed by atoms with Crippen molar-refractivity contribution in [3.8, 4) is 0 Å². The van der Waals surface area contributed by atoms with Crippen LogP contribution in [0, 0.1) is 12.8 Å². The fraction of sp³-hybridized carbons (Fsp3) is 0.375. The van der Waals surface area contributed by atoms with Crippen molar-refractivity contribution in [2.24, 2.45) is 11.0 Å². The number of carbonyl (C=O) groups excluding carboxylic acids is 1. The van der Waals surface area contributed by atoms with E-state index in [0.29, 0.717) is 11.7 Å². The molecule has 0 radical (unpaired) electrons. The minimum atomic E-state index is -0.304. The van der Waals surface area contributed by atoms with Crippen LogP contribution in [0.2, 0.25) is 0 Å². The van der Waals surface area contributed by atoms with E-state index in [1.165, 1.54) is 0 Å². The number of benzene rings is 1. The average molecular weight is 272 g/mol. The molecule has 0 aliphatic carbocycles. The molecule has 2 aromatic rings. The minimum Gasteiger partial charge on any atom is -0.451 e. The highest BCUT2D eigenvalue weighted by Gasteiger charge is 2.17. The monoisotopic (exact) mass is 272 g/mol. The van der Waals surface area contributed by atoms with E-state index >= 15 is 0 Å². The summed E-state index contributed by atoms with van der Waals surface area (Å²) in [5, 5.41) is 5.10. The summed E-state index contributed by atoms with van der Waals surface area (Å²) in [7, 11) is 0. The Hall–Kier alpha value is -2.10. The second-order valence-electron chi connectivity index (χ2n) is 5.06. The third-order valence-electron chi connectivity index (χ3n) is 3.71. The highest BCUT2D eigenvalue weighted by atomic mass is 16.3. The predicted molar refractivity (Wildman–Crippen MR) is 81.0 cm³/mol. The molecule has 4 nitrogen and oxygen atoms in total. The van der Waals surface area contributed by atoms with Crippen LogP contribution in [0.4, 0.5) is 0 Å². The molecule has 20 heavy (non-hydrogen) atoms. The summed E-state index contributed by atoms with van der Waals surface area (Å²) < 4.78 is 5.60. The quantitative estimate of drug-likeness (QED) is 0.678. The van der Waals surface area contributed by atoms with Crippen LogP contribution in [0.3, 0.4) is 0 Å². The highest BCUT2D eigenvalue weighted by Crippen LogP contribution is 2.24. The first kappa shape index (κ1) is 14.3. The normalized spacial score (nSPS) is 13.5. The number of amides is 1. The van der Waals surface area contributed by atoms with E-state index < -0.39 is 0 Å². The predicted octanol–water partition coefficient (Wildman–Crippen LogP) is 3.89. The molecule has 1 N–H and O–H groups in total. The Balaban J connectivity index is 2.22. The SMILES string of the molecule is CC[C@H](C)/C(C)=N\NC(=O)c1oc2ccccc2c1C. The second kappa shape index (κ2) is 5.90. The number of rotatable bonds is 4. The Morgan fingerprint density at radius 2 is 2.10 bits per heavy atom. The number of carbonyl (C=O) groups is 1. The van der Waals surface area contributed by atoms with Crippen molar-refractivity contribution in [2.45, 2.75) is 34.1 Å². The van der Waals surface area contributed by atoms with Gasteiger partial charge < -0.3 is 4.42 Å². The van der Waals surface area contributed by atoms with E-state index in [4.69, 9.17) is 4.42 Å². The standard InChI is InChI=1S/C16H20N2O2/c1-5-10(2)12(4)17-18-16(19)15-11(3)13-8-6-7-9-14(13)20-15/h6-10H,5H2,1-4H3,(H,18,19)/b17-12-/t10-/m0/s1. The summed E-state index contributed by atoms with van der Waals surface area (Å²) in [6.45, 7) is 7.97. The molecule has 0 aliphatic heterocycles. The van der Waals surface area contributed by atoms with Crippen molar-refractivity contribution in [1.29, 1.82) is 0 Å². The zero-order valence-corrected chi connectivity index (χ0v) is 12.4. The van der Waals surface area contributed by atoms with E-state index in [9.17, 15) is 4.79 Å². The van der Waals surface area contributed by atoms with Crippen molar-refractivity contribution in [3.05, 3.63) is 35.6 Å². The van der Waals surface area contributed by atoms with Gasteiger partial charge in [-0.25, -0.2) is 5.43 Å². The molecule has 0 fully saturated rings. The average Bonchev–Trinajstić information content (AvgIpc) is 2.81. The maximum Gasteiger partial charge on any atom is 0.307 e. The molecule has 1 amide bonds. The number of furan rings is 1. The van der Waals surface area contributed by atoms with E-state index in [2.05, 4.69) is 24.4 Å². The van der Waals surface area contributed by atoms with Gasteiger partial charge in [-0.05, 0) is 32.3 Å². The first-order valence-electron chi connectivity index (χ1n) is 6.87. The fourth-order valence-corrected chi connectivity index (χ4v) is 1.99. The third-order valence-corrected chi connectivity index (χ3v) is 3.71. The molecule has 2 rings (SSSR count). The highest BCUT2D eigenvalue weighted by molar-refractivity contribution is 5.99. The lowest BCUT2D eigenvalue weighted by Crippen LogP contribution is -2.21. The van der Waals surface area contributed by atoms with Crippen molar-refractivity contribution in [2.75, 3.05) is 0 Å². The molecule has 1 heterocycles. The molecule has 1 aromatic carbocycles. The topological polar surface area (TPSA) is 54.6 Å². The van der Waals surface area contributed by atoms with Gasteiger partial charge in [0.15, 0.2) is 5.76 Å². The van der Waals surface area contributed by atoms with Crippen molar-refractivity contribution in [3.63, 3.8) is 0 Å². The first-order chi connectivity index (χ1) is 9.54. The molecule has 0 saturated heterocycles. The van der Waals surface area contributed by atoms with Gasteiger partial charge in [-0.1, -0.05) is 32.0 Å². The molecule has 0 unspecified atom stereocenters. The number of aryl methyl sites for hydroxylation is 1. The van der Waals surface area contributed by atoms with Crippen LogP contribution in [0.1, 0.15) is 43.3 Å². The summed E-state index contributed by atoms with van der Waals surface area (Å²) in [4.78, 5) is 12.1. The number of nitrogens with one attached hydrogen (secondary N) is 1. The lowest BCUT2D eigenvalue weighted by molar-refractivity contribution is 0.0928. The minimum absolute atomic E-state index is 0.304. The zero-order valence-electron chi connectivity index (χ0n) is 12.4. The van der Waals surface area contributed by atoms with Crippen molar-refractivity contribution in [1.82, 2.24) is 5.43 Å². The van der Waals surface area contributed by atoms with Gasteiger partial charge in [0.1, 0.15) is 5.58 Å². The van der Waals surface area contributed by atoms with E-state index in [0.717, 1.165) is 28.7 Å². The Morgan fingerprint density at radius 3 is 2.75 bits per heavy atom. The lowest BCUT2D eigenvalue weighted by atomic mass is 10.1. The van der Waals surface area contributed by atoms with Crippen LogP contribution >= 0.6 is 0 Å². The van der Waals surface area contributed by atoms with Gasteiger partial charge in [0, 0.05) is 16.7 Å². The van der Waals surface area contributed by atoms with Gasteiger partial charge in [0.2, 0.25) is 0 Å². The summed E-state index contributed by atoms with van der Waals surface area (Å²) in [5.74, 6) is 0.375. The van der Waals surface area contributed by atoms with Crippen LogP contribution in [0.15, 0.2) is 33.8 Å². The van der Waals surface area contributed by atoms with E-state index in [1.54, 1.807) is 0 Å². The molecular weight excluding hydrogens is 252 g/mol. The molecule has 0 aliphatic rings. The van der Waals surface area contributed by atoms with Crippen LogP contribution in [-0.4, -0.2) is 11.6 Å². The molecule has 0 bridgehead atoms. The lowest BCUT2D eigenvalue weighted by Gasteiger charge is -2.07. The number of fused-ring (bicyclic) bond motifs is 1. The van der Waals surface area contributed by atoms with Gasteiger partial charge in [-0.15, -0.1) is 0 Å². The fourth-order valence-electron chi connectivity index (χ4n) is 1.99. The van der Waals surface area contributed by atoms with Crippen LogP contribution in [0.5, 0.6) is 0 Å². The van der Waals surface area contributed by atoms with Gasteiger partial charge in [-0.3, -0.25) is 4.79 Å². The number of hydrazone groups is 1. The Labute approximate surface area is 118 Å². The molecule has 0 spiro atoms. The Bertz CT molecular complexity index is 656. The Kier molecular flexibility index (Phi) is 4.23.